The molecule has 1 heterocycles. The first-order valence-corrected chi connectivity index (χ1v) is 7.74. The normalized spacial score (nSPS) is 18.4. The van der Waals surface area contributed by atoms with Crippen LogP contribution >= 0.6 is 15.9 Å². The summed E-state index contributed by atoms with van der Waals surface area (Å²) in [6.07, 6.45) is 0. The molecule has 104 valence electrons. The first kappa shape index (κ1) is 13.7. The van der Waals surface area contributed by atoms with Gasteiger partial charge >= 0.3 is 0 Å². The number of hydrogen-bond donors (Lipinski definition) is 1. The Kier molecular flexibility index (Phi) is 4.08. The number of para-hydroxylation sites is 1. The zero-order valence-corrected chi connectivity index (χ0v) is 13.1. The van der Waals surface area contributed by atoms with Gasteiger partial charge in [0.05, 0.1) is 6.61 Å². The van der Waals surface area contributed by atoms with Gasteiger partial charge in [0, 0.05) is 28.5 Å². The number of ether oxygens (including phenoxy) is 1. The van der Waals surface area contributed by atoms with Crippen LogP contribution in [-0.2, 0) is 0 Å². The number of rotatable bonds is 4. The highest BCUT2D eigenvalue weighted by Gasteiger charge is 2.23. The summed E-state index contributed by atoms with van der Waals surface area (Å²) in [5, 5.41) is 3.61. The second-order valence-corrected chi connectivity index (χ2v) is 6.15. The van der Waals surface area contributed by atoms with E-state index in [9.17, 15) is 0 Å². The van der Waals surface area contributed by atoms with Crippen molar-refractivity contribution in [2.24, 2.45) is 0 Å². The average molecular weight is 332 g/mol. The largest absolute Gasteiger partial charge is 0.493 e. The maximum atomic E-state index is 5.72. The summed E-state index contributed by atoms with van der Waals surface area (Å²) in [5.74, 6) is 1.48. The topological polar surface area (TPSA) is 21.3 Å². The zero-order valence-electron chi connectivity index (χ0n) is 11.5. The molecular formula is C17H18BrNO. The first-order chi connectivity index (χ1) is 9.74. The highest BCUT2D eigenvalue weighted by atomic mass is 79.9. The van der Waals surface area contributed by atoms with Crippen LogP contribution < -0.4 is 10.1 Å². The van der Waals surface area contributed by atoms with Crippen LogP contribution in [0.1, 0.15) is 30.0 Å². The van der Waals surface area contributed by atoms with E-state index in [1.165, 1.54) is 11.1 Å². The van der Waals surface area contributed by atoms with E-state index < -0.39 is 0 Å². The van der Waals surface area contributed by atoms with Crippen molar-refractivity contribution in [2.75, 3.05) is 13.2 Å². The van der Waals surface area contributed by atoms with Gasteiger partial charge in [0.2, 0.25) is 0 Å². The Hall–Kier alpha value is -1.32. The van der Waals surface area contributed by atoms with E-state index >= 15 is 0 Å². The van der Waals surface area contributed by atoms with E-state index in [4.69, 9.17) is 4.74 Å². The van der Waals surface area contributed by atoms with Crippen molar-refractivity contribution in [3.05, 3.63) is 64.1 Å². The Morgan fingerprint density at radius 2 is 2.10 bits per heavy atom. The third kappa shape index (κ3) is 2.89. The van der Waals surface area contributed by atoms with Gasteiger partial charge in [-0.1, -0.05) is 46.3 Å². The molecule has 0 amide bonds. The highest BCUT2D eigenvalue weighted by molar-refractivity contribution is 9.10. The number of hydrogen-bond acceptors (Lipinski definition) is 2. The number of nitrogens with one attached hydrogen (secondary N) is 1. The fraction of sp³-hybridized carbons (Fsp3) is 0.294. The number of halogens is 1. The van der Waals surface area contributed by atoms with Gasteiger partial charge in [-0.15, -0.1) is 0 Å². The maximum absolute atomic E-state index is 5.72. The second kappa shape index (κ2) is 5.98. The quantitative estimate of drug-likeness (QED) is 0.902. The molecule has 2 nitrogen and oxygen atoms in total. The molecule has 2 atom stereocenters. The van der Waals surface area contributed by atoms with Crippen molar-refractivity contribution in [3.8, 4) is 5.75 Å². The van der Waals surface area contributed by atoms with Crippen LogP contribution in [0.15, 0.2) is 53.0 Å². The van der Waals surface area contributed by atoms with Gasteiger partial charge in [-0.25, -0.2) is 0 Å². The molecule has 3 rings (SSSR count). The van der Waals surface area contributed by atoms with E-state index in [1.807, 2.05) is 12.1 Å². The molecule has 2 aromatic rings. The molecule has 0 saturated carbocycles. The molecule has 1 aliphatic heterocycles. The summed E-state index contributed by atoms with van der Waals surface area (Å²) in [4.78, 5) is 0. The molecular weight excluding hydrogens is 314 g/mol. The zero-order chi connectivity index (χ0) is 13.9. The molecule has 0 spiro atoms. The fourth-order valence-corrected chi connectivity index (χ4v) is 3.03. The van der Waals surface area contributed by atoms with Gasteiger partial charge in [-0.2, -0.15) is 0 Å². The molecule has 3 heteroatoms. The second-order valence-electron chi connectivity index (χ2n) is 5.23. The van der Waals surface area contributed by atoms with Crippen LogP contribution in [0.3, 0.4) is 0 Å². The molecule has 2 unspecified atom stereocenters. The molecule has 0 saturated heterocycles. The Balaban J connectivity index is 1.63. The number of fused-ring (bicyclic) bond motifs is 1. The molecule has 0 aromatic heterocycles. The van der Waals surface area contributed by atoms with E-state index in [0.717, 1.165) is 23.4 Å². The third-order valence-electron chi connectivity index (χ3n) is 3.82. The van der Waals surface area contributed by atoms with Crippen molar-refractivity contribution >= 4 is 15.9 Å². The van der Waals surface area contributed by atoms with E-state index in [2.05, 4.69) is 64.6 Å². The van der Waals surface area contributed by atoms with Gasteiger partial charge < -0.3 is 10.1 Å². The maximum Gasteiger partial charge on any atom is 0.122 e. The third-order valence-corrected chi connectivity index (χ3v) is 4.31. The Bertz CT molecular complexity index is 599. The summed E-state index contributed by atoms with van der Waals surface area (Å²) in [5.41, 5.74) is 2.62. The van der Waals surface area contributed by atoms with Crippen LogP contribution in [0.25, 0.3) is 0 Å². The van der Waals surface area contributed by atoms with Gasteiger partial charge in [0.15, 0.2) is 0 Å². The van der Waals surface area contributed by atoms with Gasteiger partial charge in [-0.05, 0) is 30.7 Å². The van der Waals surface area contributed by atoms with Gasteiger partial charge in [0.1, 0.15) is 5.75 Å². The highest BCUT2D eigenvalue weighted by Crippen LogP contribution is 2.33. The van der Waals surface area contributed by atoms with Crippen molar-refractivity contribution in [2.45, 2.75) is 18.9 Å². The van der Waals surface area contributed by atoms with Crippen LogP contribution in [0, 0.1) is 0 Å². The molecule has 2 aromatic carbocycles. The standard InChI is InChI=1S/C17H18BrNO/c1-12(13-5-4-6-15(18)9-13)19-10-14-11-20-17-8-3-2-7-16(14)17/h2-9,12,14,19H,10-11H2,1H3. The molecule has 1 aliphatic rings. The van der Waals surface area contributed by atoms with Crippen LogP contribution in [0.2, 0.25) is 0 Å². The average Bonchev–Trinajstić information content (AvgIpc) is 2.88. The van der Waals surface area contributed by atoms with Crippen molar-refractivity contribution < 1.29 is 4.74 Å². The summed E-state index contributed by atoms with van der Waals surface area (Å²) >= 11 is 3.52. The lowest BCUT2D eigenvalue weighted by atomic mass is 10.0. The van der Waals surface area contributed by atoms with E-state index in [1.54, 1.807) is 0 Å². The predicted molar refractivity (Wildman–Crippen MR) is 85.2 cm³/mol. The van der Waals surface area contributed by atoms with Crippen LogP contribution in [-0.4, -0.2) is 13.2 Å². The van der Waals surface area contributed by atoms with Crippen molar-refractivity contribution in [1.29, 1.82) is 0 Å². The Morgan fingerprint density at radius 1 is 1.25 bits per heavy atom. The van der Waals surface area contributed by atoms with E-state index in [0.29, 0.717) is 12.0 Å². The number of benzene rings is 2. The van der Waals surface area contributed by atoms with Gasteiger partial charge in [-0.3, -0.25) is 0 Å². The summed E-state index contributed by atoms with van der Waals surface area (Å²) in [6, 6.07) is 17.1. The monoisotopic (exact) mass is 331 g/mol. The lowest BCUT2D eigenvalue weighted by Crippen LogP contribution is -2.25. The molecule has 0 aliphatic carbocycles. The summed E-state index contributed by atoms with van der Waals surface area (Å²) in [7, 11) is 0. The molecule has 0 radical (unpaired) electrons. The fourth-order valence-electron chi connectivity index (χ4n) is 2.61. The van der Waals surface area contributed by atoms with Crippen molar-refractivity contribution in [3.63, 3.8) is 0 Å². The van der Waals surface area contributed by atoms with Crippen LogP contribution in [0.5, 0.6) is 5.75 Å². The molecule has 0 bridgehead atoms. The van der Waals surface area contributed by atoms with Crippen molar-refractivity contribution in [1.82, 2.24) is 5.32 Å². The smallest absolute Gasteiger partial charge is 0.122 e. The SMILES string of the molecule is CC(NCC1COc2ccccc21)c1cccc(Br)c1. The lowest BCUT2D eigenvalue weighted by molar-refractivity contribution is 0.323. The predicted octanol–water partition coefficient (Wildman–Crippen LogP) is 4.28. The molecule has 1 N–H and O–H groups in total. The molecule has 0 fully saturated rings. The minimum Gasteiger partial charge on any atom is -0.493 e. The van der Waals surface area contributed by atoms with E-state index in [-0.39, 0.29) is 0 Å². The Labute approximate surface area is 128 Å². The van der Waals surface area contributed by atoms with Gasteiger partial charge in [0.25, 0.3) is 0 Å². The summed E-state index contributed by atoms with van der Waals surface area (Å²) < 4.78 is 6.84. The molecule has 20 heavy (non-hydrogen) atoms. The minimum atomic E-state index is 0.334. The lowest BCUT2D eigenvalue weighted by Gasteiger charge is -2.17. The Morgan fingerprint density at radius 3 is 2.95 bits per heavy atom. The minimum absolute atomic E-state index is 0.334. The van der Waals surface area contributed by atoms with Crippen LogP contribution in [0.4, 0.5) is 0 Å². The first-order valence-electron chi connectivity index (χ1n) is 6.94. The summed E-state index contributed by atoms with van der Waals surface area (Å²) in [6.45, 7) is 3.91.